The maximum absolute atomic E-state index is 5.95. The molecule has 4 heteroatoms. The minimum atomic E-state index is 0.717. The minimum Gasteiger partial charge on any atom is -0.399 e. The van der Waals surface area contributed by atoms with Crippen LogP contribution in [0.4, 0.5) is 5.69 Å². The third-order valence-corrected chi connectivity index (χ3v) is 3.96. The average molecular weight is 324 g/mol. The molecule has 0 amide bonds. The number of nitrogens with zero attached hydrogens (tertiary/aromatic N) is 3. The zero-order chi connectivity index (χ0) is 17.1. The standard InChI is InChI=1S/C21H16N4/c22-19-7-1-4-15(10-19)20-11-18(16-5-2-8-23-13-16)12-21(25-20)17-6-3-9-24-14-17/h1-14H,22H2. The second-order valence-electron chi connectivity index (χ2n) is 5.74. The van der Waals surface area contributed by atoms with E-state index in [0.717, 1.165) is 33.6 Å². The molecule has 0 aliphatic rings. The number of pyridine rings is 3. The smallest absolute Gasteiger partial charge is 0.0731 e. The largest absolute Gasteiger partial charge is 0.399 e. The van der Waals surface area contributed by atoms with Crippen molar-refractivity contribution in [1.82, 2.24) is 15.0 Å². The molecule has 0 aliphatic carbocycles. The van der Waals surface area contributed by atoms with Crippen LogP contribution in [0, 0.1) is 0 Å². The maximum atomic E-state index is 5.95. The summed E-state index contributed by atoms with van der Waals surface area (Å²) in [4.78, 5) is 13.3. The summed E-state index contributed by atoms with van der Waals surface area (Å²) >= 11 is 0. The van der Waals surface area contributed by atoms with E-state index >= 15 is 0 Å². The van der Waals surface area contributed by atoms with Gasteiger partial charge in [-0.05, 0) is 48.0 Å². The molecule has 3 heterocycles. The van der Waals surface area contributed by atoms with Crippen LogP contribution in [0.1, 0.15) is 0 Å². The molecule has 0 bridgehead atoms. The molecule has 1 aromatic carbocycles. The predicted molar refractivity (Wildman–Crippen MR) is 101 cm³/mol. The highest BCUT2D eigenvalue weighted by Gasteiger charge is 2.09. The summed E-state index contributed by atoms with van der Waals surface area (Å²) < 4.78 is 0. The van der Waals surface area contributed by atoms with Crippen molar-refractivity contribution in [2.75, 3.05) is 5.73 Å². The molecule has 4 nitrogen and oxygen atoms in total. The number of benzene rings is 1. The Morgan fingerprint density at radius 2 is 1.24 bits per heavy atom. The fourth-order valence-corrected chi connectivity index (χ4v) is 2.74. The Morgan fingerprint density at radius 3 is 1.88 bits per heavy atom. The Hall–Kier alpha value is -3.53. The molecule has 0 atom stereocenters. The first-order valence-corrected chi connectivity index (χ1v) is 7.98. The molecule has 120 valence electrons. The average Bonchev–Trinajstić information content (AvgIpc) is 2.69. The first-order valence-electron chi connectivity index (χ1n) is 7.98. The number of hydrogen-bond donors (Lipinski definition) is 1. The van der Waals surface area contributed by atoms with Crippen molar-refractivity contribution < 1.29 is 0 Å². The summed E-state index contributed by atoms with van der Waals surface area (Å²) in [6.45, 7) is 0. The van der Waals surface area contributed by atoms with Gasteiger partial charge in [-0.1, -0.05) is 18.2 Å². The van der Waals surface area contributed by atoms with E-state index < -0.39 is 0 Å². The topological polar surface area (TPSA) is 64.7 Å². The second-order valence-corrected chi connectivity index (χ2v) is 5.74. The van der Waals surface area contributed by atoms with Crippen molar-refractivity contribution in [3.8, 4) is 33.6 Å². The van der Waals surface area contributed by atoms with Crippen molar-refractivity contribution in [3.63, 3.8) is 0 Å². The van der Waals surface area contributed by atoms with Crippen LogP contribution in [0.3, 0.4) is 0 Å². The molecule has 0 fully saturated rings. The van der Waals surface area contributed by atoms with Crippen LogP contribution in [0.15, 0.2) is 85.5 Å². The van der Waals surface area contributed by atoms with Gasteiger partial charge in [0, 0.05) is 47.2 Å². The lowest BCUT2D eigenvalue weighted by molar-refractivity contribution is 1.27. The van der Waals surface area contributed by atoms with Gasteiger partial charge >= 0.3 is 0 Å². The van der Waals surface area contributed by atoms with Gasteiger partial charge < -0.3 is 5.73 Å². The Morgan fingerprint density at radius 1 is 0.600 bits per heavy atom. The quantitative estimate of drug-likeness (QED) is 0.565. The molecule has 0 unspecified atom stereocenters. The second kappa shape index (κ2) is 6.53. The lowest BCUT2D eigenvalue weighted by Crippen LogP contribution is -1.93. The molecular weight excluding hydrogens is 308 g/mol. The summed E-state index contributed by atoms with van der Waals surface area (Å²) in [6, 6.07) is 19.8. The highest BCUT2D eigenvalue weighted by Crippen LogP contribution is 2.30. The van der Waals surface area contributed by atoms with Crippen molar-refractivity contribution in [3.05, 3.63) is 85.5 Å². The van der Waals surface area contributed by atoms with E-state index in [0.29, 0.717) is 5.69 Å². The number of rotatable bonds is 3. The van der Waals surface area contributed by atoms with Crippen LogP contribution >= 0.6 is 0 Å². The third-order valence-electron chi connectivity index (χ3n) is 3.96. The zero-order valence-electron chi connectivity index (χ0n) is 13.5. The summed E-state index contributed by atoms with van der Waals surface area (Å²) in [5.41, 5.74) is 12.4. The van der Waals surface area contributed by atoms with E-state index in [9.17, 15) is 0 Å². The highest BCUT2D eigenvalue weighted by atomic mass is 14.7. The van der Waals surface area contributed by atoms with Gasteiger partial charge in [0.1, 0.15) is 0 Å². The molecule has 4 rings (SSSR count). The number of anilines is 1. The van der Waals surface area contributed by atoms with Gasteiger partial charge in [-0.2, -0.15) is 0 Å². The van der Waals surface area contributed by atoms with Crippen molar-refractivity contribution in [2.24, 2.45) is 0 Å². The molecule has 25 heavy (non-hydrogen) atoms. The molecule has 0 radical (unpaired) electrons. The van der Waals surface area contributed by atoms with E-state index in [4.69, 9.17) is 10.7 Å². The number of nitrogen functional groups attached to an aromatic ring is 1. The Labute approximate surface area is 146 Å². The van der Waals surface area contributed by atoms with Gasteiger partial charge in [0.25, 0.3) is 0 Å². The van der Waals surface area contributed by atoms with E-state index in [1.165, 1.54) is 0 Å². The van der Waals surface area contributed by atoms with Gasteiger partial charge in [-0.25, -0.2) is 4.98 Å². The fourth-order valence-electron chi connectivity index (χ4n) is 2.74. The molecule has 0 spiro atoms. The molecule has 0 saturated heterocycles. The van der Waals surface area contributed by atoms with E-state index in [1.54, 1.807) is 12.4 Å². The van der Waals surface area contributed by atoms with Crippen LogP contribution in [0.25, 0.3) is 33.6 Å². The number of nitrogens with two attached hydrogens (primary N) is 1. The third kappa shape index (κ3) is 3.23. The first kappa shape index (κ1) is 15.0. The molecule has 0 saturated carbocycles. The highest BCUT2D eigenvalue weighted by molar-refractivity contribution is 5.76. The predicted octanol–water partition coefficient (Wildman–Crippen LogP) is 4.45. The lowest BCUT2D eigenvalue weighted by atomic mass is 10.0. The lowest BCUT2D eigenvalue weighted by Gasteiger charge is -2.10. The van der Waals surface area contributed by atoms with Gasteiger partial charge in [-0.3, -0.25) is 9.97 Å². The van der Waals surface area contributed by atoms with Crippen LogP contribution in [-0.2, 0) is 0 Å². The molecule has 2 N–H and O–H groups in total. The number of hydrogen-bond acceptors (Lipinski definition) is 4. The van der Waals surface area contributed by atoms with Crippen LogP contribution in [0.5, 0.6) is 0 Å². The fraction of sp³-hybridized carbons (Fsp3) is 0. The van der Waals surface area contributed by atoms with Crippen molar-refractivity contribution in [2.45, 2.75) is 0 Å². The summed E-state index contributed by atoms with van der Waals surface area (Å²) in [5, 5.41) is 0. The van der Waals surface area contributed by atoms with Crippen LogP contribution in [-0.4, -0.2) is 15.0 Å². The maximum Gasteiger partial charge on any atom is 0.0731 e. The van der Waals surface area contributed by atoms with Crippen molar-refractivity contribution >= 4 is 5.69 Å². The Bertz CT molecular complexity index is 941. The molecule has 0 aliphatic heterocycles. The van der Waals surface area contributed by atoms with Crippen LogP contribution < -0.4 is 5.73 Å². The van der Waals surface area contributed by atoms with Gasteiger partial charge in [-0.15, -0.1) is 0 Å². The zero-order valence-corrected chi connectivity index (χ0v) is 13.5. The Balaban J connectivity index is 1.92. The normalized spacial score (nSPS) is 10.6. The number of aromatic nitrogens is 3. The first-order chi connectivity index (χ1) is 12.3. The molecule has 3 aromatic heterocycles. The van der Waals surface area contributed by atoms with Gasteiger partial charge in [0.2, 0.25) is 0 Å². The Kier molecular flexibility index (Phi) is 3.92. The van der Waals surface area contributed by atoms with Gasteiger partial charge in [0.05, 0.1) is 11.4 Å². The SMILES string of the molecule is Nc1cccc(-c2cc(-c3cccnc3)cc(-c3cccnc3)n2)c1. The summed E-state index contributed by atoms with van der Waals surface area (Å²) in [5.74, 6) is 0. The molecular formula is C21H16N4. The van der Waals surface area contributed by atoms with E-state index in [-0.39, 0.29) is 0 Å². The summed E-state index contributed by atoms with van der Waals surface area (Å²) in [6.07, 6.45) is 7.20. The minimum absolute atomic E-state index is 0.717. The van der Waals surface area contributed by atoms with Gasteiger partial charge in [0.15, 0.2) is 0 Å². The van der Waals surface area contributed by atoms with E-state index in [2.05, 4.69) is 22.1 Å². The van der Waals surface area contributed by atoms with Crippen LogP contribution in [0.2, 0.25) is 0 Å². The summed E-state index contributed by atoms with van der Waals surface area (Å²) in [7, 11) is 0. The van der Waals surface area contributed by atoms with E-state index in [1.807, 2.05) is 60.9 Å². The van der Waals surface area contributed by atoms with Crippen molar-refractivity contribution in [1.29, 1.82) is 0 Å². The molecule has 4 aromatic rings. The monoisotopic (exact) mass is 324 g/mol.